The number of hydrogen-bond acceptors (Lipinski definition) is 4. The van der Waals surface area contributed by atoms with E-state index in [0.29, 0.717) is 19.3 Å². The molecule has 5 heteroatoms. The van der Waals surface area contributed by atoms with Gasteiger partial charge in [0, 0.05) is 22.9 Å². The van der Waals surface area contributed by atoms with E-state index in [0.717, 1.165) is 11.3 Å². The van der Waals surface area contributed by atoms with Crippen LogP contribution in [-0.2, 0) is 21.9 Å². The van der Waals surface area contributed by atoms with Crippen molar-refractivity contribution in [1.82, 2.24) is 4.98 Å². The first kappa shape index (κ1) is 15.7. The Morgan fingerprint density at radius 2 is 2.05 bits per heavy atom. The third-order valence-corrected chi connectivity index (χ3v) is 8.01. The summed E-state index contributed by atoms with van der Waals surface area (Å²) in [5.74, 6) is 0.136. The molecule has 0 saturated heterocycles. The number of thiocyanates is 2. The second-order valence-corrected chi connectivity index (χ2v) is 10.7. The predicted octanol–water partition coefficient (Wildman–Crippen LogP) is 2.77. The molecule has 1 heterocycles. The van der Waals surface area contributed by atoms with Gasteiger partial charge < -0.3 is 0 Å². The lowest BCUT2D eigenvalue weighted by molar-refractivity contribution is 0.465. The van der Waals surface area contributed by atoms with Gasteiger partial charge in [-0.3, -0.25) is 9.19 Å². The Kier molecular flexibility index (Phi) is 3.68. The lowest BCUT2D eigenvalue weighted by Crippen LogP contribution is -2.50. The molecule has 2 rings (SSSR count). The Morgan fingerprint density at radius 1 is 1.38 bits per heavy atom. The average Bonchev–Trinajstić information content (AvgIpc) is 2.45. The quantitative estimate of drug-likeness (QED) is 0.787. The largest absolute Gasteiger partial charge is 0.261 e. The molecule has 1 aromatic heterocycles. The van der Waals surface area contributed by atoms with Crippen LogP contribution >= 0.6 is 0 Å². The smallest absolute Gasteiger partial charge is 0.155 e. The highest BCUT2D eigenvalue weighted by atomic mass is 32.3. The van der Waals surface area contributed by atoms with E-state index in [1.165, 1.54) is 0 Å². The Bertz CT molecular complexity index is 685. The molecule has 0 bridgehead atoms. The zero-order valence-electron chi connectivity index (χ0n) is 12.8. The molecule has 112 valence electrons. The van der Waals surface area contributed by atoms with Crippen LogP contribution in [0.15, 0.2) is 18.3 Å². The van der Waals surface area contributed by atoms with Crippen LogP contribution in [0.1, 0.15) is 38.4 Å². The number of rotatable bonds is 2. The molecular weight excluding hydrogens is 282 g/mol. The maximum atomic E-state index is 13.6. The zero-order chi connectivity index (χ0) is 15.8. The summed E-state index contributed by atoms with van der Waals surface area (Å²) in [5, 5.41) is 22.8. The number of fused-ring (bicyclic) bond motifs is 1. The highest BCUT2D eigenvalue weighted by Gasteiger charge is 2.49. The molecule has 0 radical (unpaired) electrons. The van der Waals surface area contributed by atoms with Crippen molar-refractivity contribution in [1.29, 1.82) is 10.5 Å². The molecule has 0 aliphatic heterocycles. The average molecular weight is 303 g/mol. The maximum absolute atomic E-state index is 13.6. The van der Waals surface area contributed by atoms with Gasteiger partial charge in [0.1, 0.15) is 0 Å². The van der Waals surface area contributed by atoms with Crippen molar-refractivity contribution >= 4 is 9.07 Å². The number of nitriles is 2. The first-order valence-electron chi connectivity index (χ1n) is 7.11. The van der Waals surface area contributed by atoms with Crippen molar-refractivity contribution in [3.05, 3.63) is 29.6 Å². The van der Waals surface area contributed by atoms with E-state index in [1.54, 1.807) is 6.20 Å². The zero-order valence-corrected chi connectivity index (χ0v) is 13.6. The molecule has 0 aromatic carbocycles. The van der Waals surface area contributed by atoms with Crippen LogP contribution in [0.2, 0.25) is 0 Å². The normalized spacial score (nSPS) is 20.4. The van der Waals surface area contributed by atoms with E-state index >= 15 is 0 Å². The van der Waals surface area contributed by atoms with E-state index in [1.807, 2.05) is 43.7 Å². The van der Waals surface area contributed by atoms with Crippen molar-refractivity contribution in [2.24, 2.45) is 5.41 Å². The molecule has 1 atom stereocenters. The standard InChI is InChI=1S/C16H21N3OS/c1-16(2,3)10-21(20,11-17,12-18)14-6-7-15-13(9-14)5-4-8-19-15/h4-5,8,14H,6-7,9-10H2,1-3H3. The van der Waals surface area contributed by atoms with Crippen LogP contribution in [-0.4, -0.2) is 20.2 Å². The van der Waals surface area contributed by atoms with Crippen molar-refractivity contribution in [3.63, 3.8) is 0 Å². The Morgan fingerprint density at radius 3 is 2.62 bits per heavy atom. The molecule has 0 amide bonds. The molecule has 4 nitrogen and oxygen atoms in total. The van der Waals surface area contributed by atoms with Crippen LogP contribution < -0.4 is 0 Å². The third-order valence-electron chi connectivity index (χ3n) is 3.96. The van der Waals surface area contributed by atoms with Gasteiger partial charge in [-0.2, -0.15) is 10.5 Å². The van der Waals surface area contributed by atoms with Crippen molar-refractivity contribution in [3.8, 4) is 10.8 Å². The van der Waals surface area contributed by atoms with Gasteiger partial charge in [0.05, 0.1) is 9.07 Å². The second kappa shape index (κ2) is 4.93. The van der Waals surface area contributed by atoms with Gasteiger partial charge in [0.2, 0.25) is 0 Å². The summed E-state index contributed by atoms with van der Waals surface area (Å²) in [4.78, 5) is 4.33. The van der Waals surface area contributed by atoms with E-state index in [2.05, 4.69) is 4.98 Å². The number of pyridine rings is 1. The van der Waals surface area contributed by atoms with E-state index in [9.17, 15) is 14.7 Å². The molecule has 0 N–H and O–H groups in total. The maximum Gasteiger partial charge on any atom is 0.155 e. The van der Waals surface area contributed by atoms with Crippen LogP contribution in [0.3, 0.4) is 0 Å². The minimum absolute atomic E-state index is 0.136. The Hall–Kier alpha value is -1.72. The number of nitrogens with zero attached hydrogens (tertiary/aromatic N) is 3. The Balaban J connectivity index is 2.45. The lowest BCUT2D eigenvalue weighted by Gasteiger charge is -2.41. The topological polar surface area (TPSA) is 77.5 Å². The molecule has 21 heavy (non-hydrogen) atoms. The van der Waals surface area contributed by atoms with Gasteiger partial charge in [-0.05, 0) is 36.3 Å². The SMILES string of the molecule is CC(C)(C)CS(=O)(C#N)(C#N)C1CCc2ncccc2C1. The molecular formula is C16H21N3OS. The summed E-state index contributed by atoms with van der Waals surface area (Å²) in [6.07, 6.45) is 3.53. The monoisotopic (exact) mass is 303 g/mol. The van der Waals surface area contributed by atoms with Crippen molar-refractivity contribution < 1.29 is 4.21 Å². The van der Waals surface area contributed by atoms with Gasteiger partial charge in [-0.15, -0.1) is 0 Å². The highest BCUT2D eigenvalue weighted by Crippen LogP contribution is 2.41. The molecule has 1 unspecified atom stereocenters. The minimum atomic E-state index is -4.01. The van der Waals surface area contributed by atoms with Gasteiger partial charge in [-0.25, -0.2) is 0 Å². The van der Waals surface area contributed by atoms with E-state index < -0.39 is 14.3 Å². The molecule has 1 aromatic rings. The molecule has 1 aliphatic rings. The molecule has 0 fully saturated rings. The number of aromatic nitrogens is 1. The van der Waals surface area contributed by atoms with Crippen molar-refractivity contribution in [2.45, 2.75) is 45.3 Å². The van der Waals surface area contributed by atoms with Crippen molar-refractivity contribution in [2.75, 3.05) is 5.75 Å². The van der Waals surface area contributed by atoms with Gasteiger partial charge >= 0.3 is 0 Å². The van der Waals surface area contributed by atoms with Gasteiger partial charge in [0.25, 0.3) is 0 Å². The number of aryl methyl sites for hydroxylation is 1. The fourth-order valence-electron chi connectivity index (χ4n) is 3.16. The summed E-state index contributed by atoms with van der Waals surface area (Å²) in [6.45, 7) is 5.77. The van der Waals surface area contributed by atoms with Gasteiger partial charge in [0.15, 0.2) is 10.8 Å². The summed E-state index contributed by atoms with van der Waals surface area (Å²) in [5.41, 5.74) is 1.69. The second-order valence-electron chi connectivity index (χ2n) is 7.04. The molecule has 1 aliphatic carbocycles. The Labute approximate surface area is 126 Å². The summed E-state index contributed by atoms with van der Waals surface area (Å²) in [7, 11) is -4.01. The molecule has 0 spiro atoms. The minimum Gasteiger partial charge on any atom is -0.261 e. The van der Waals surface area contributed by atoms with E-state index in [-0.39, 0.29) is 11.2 Å². The van der Waals surface area contributed by atoms with E-state index in [4.69, 9.17) is 0 Å². The predicted molar refractivity (Wildman–Crippen MR) is 83.7 cm³/mol. The van der Waals surface area contributed by atoms with Crippen LogP contribution in [0.25, 0.3) is 0 Å². The first-order valence-corrected chi connectivity index (χ1v) is 9.31. The van der Waals surface area contributed by atoms with Crippen LogP contribution in [0, 0.1) is 26.7 Å². The fraction of sp³-hybridized carbons (Fsp3) is 0.562. The highest BCUT2D eigenvalue weighted by molar-refractivity contribution is 8.27. The summed E-state index contributed by atoms with van der Waals surface area (Å²) in [6, 6.07) is 3.80. The summed E-state index contributed by atoms with van der Waals surface area (Å²) < 4.78 is 13.6. The summed E-state index contributed by atoms with van der Waals surface area (Å²) >= 11 is 0. The molecule has 0 saturated carbocycles. The van der Waals surface area contributed by atoms with Crippen LogP contribution in [0.4, 0.5) is 0 Å². The lowest BCUT2D eigenvalue weighted by atomic mass is 9.96. The number of hydrogen-bond donors (Lipinski definition) is 0. The fourth-order valence-corrected chi connectivity index (χ4v) is 6.74. The first-order chi connectivity index (χ1) is 9.70. The van der Waals surface area contributed by atoms with Crippen LogP contribution in [0.5, 0.6) is 0 Å². The third kappa shape index (κ3) is 2.84. The van der Waals surface area contributed by atoms with Gasteiger partial charge in [-0.1, -0.05) is 26.8 Å².